The average Bonchev–Trinajstić information content (AvgIpc) is 2.10. The van der Waals surface area contributed by atoms with Crippen LogP contribution in [0.3, 0.4) is 0 Å². The molecule has 2 fully saturated rings. The van der Waals surface area contributed by atoms with Crippen molar-refractivity contribution in [2.45, 2.75) is 37.8 Å². The van der Waals surface area contributed by atoms with E-state index in [0.29, 0.717) is 12.1 Å². The number of hydrogen-bond donors (Lipinski definition) is 1. The molecule has 1 aliphatic heterocycles. The maximum absolute atomic E-state index is 5.95. The summed E-state index contributed by atoms with van der Waals surface area (Å²) >= 11 is 0. The molecule has 0 unspecified atom stereocenters. The Hall–Kier alpha value is -0.120. The number of ether oxygens (including phenoxy) is 1. The molecule has 0 bridgehead atoms. The molecule has 3 heteroatoms. The van der Waals surface area contributed by atoms with Crippen LogP contribution in [0.15, 0.2) is 0 Å². The van der Waals surface area contributed by atoms with Crippen molar-refractivity contribution in [3.8, 4) is 0 Å². The molecule has 2 aliphatic rings. The zero-order valence-electron chi connectivity index (χ0n) is 9.11. The summed E-state index contributed by atoms with van der Waals surface area (Å²) in [4.78, 5) is 2.53. The van der Waals surface area contributed by atoms with E-state index in [9.17, 15) is 0 Å². The van der Waals surface area contributed by atoms with E-state index in [2.05, 4.69) is 4.90 Å². The quantitative estimate of drug-likeness (QED) is 0.730. The molecular formula is C11H22N2O. The Labute approximate surface area is 86.6 Å². The van der Waals surface area contributed by atoms with Crippen molar-refractivity contribution in [3.63, 3.8) is 0 Å². The minimum absolute atomic E-state index is 0.419. The van der Waals surface area contributed by atoms with Crippen molar-refractivity contribution in [2.75, 3.05) is 26.7 Å². The molecule has 0 amide bonds. The van der Waals surface area contributed by atoms with E-state index in [1.807, 2.05) is 7.11 Å². The lowest BCUT2D eigenvalue weighted by Gasteiger charge is -2.40. The molecule has 0 spiro atoms. The molecule has 0 radical (unpaired) electrons. The predicted molar refractivity (Wildman–Crippen MR) is 57.2 cm³/mol. The number of nitrogens with two attached hydrogens (primary N) is 1. The summed E-state index contributed by atoms with van der Waals surface area (Å²) in [6.07, 6.45) is 5.53. The third kappa shape index (κ3) is 2.47. The molecule has 2 rings (SSSR count). The van der Waals surface area contributed by atoms with Crippen LogP contribution in [0.5, 0.6) is 0 Å². The van der Waals surface area contributed by atoms with Gasteiger partial charge in [-0.25, -0.2) is 0 Å². The highest BCUT2D eigenvalue weighted by Gasteiger charge is 2.31. The zero-order valence-corrected chi connectivity index (χ0v) is 9.11. The van der Waals surface area contributed by atoms with Crippen LogP contribution in [0.4, 0.5) is 0 Å². The molecule has 1 atom stereocenters. The Morgan fingerprint density at radius 1 is 1.43 bits per heavy atom. The molecule has 0 aromatic carbocycles. The lowest BCUT2D eigenvalue weighted by molar-refractivity contribution is -0.0133. The average molecular weight is 198 g/mol. The first-order chi connectivity index (χ1) is 6.78. The predicted octanol–water partition coefficient (Wildman–Crippen LogP) is 0.834. The van der Waals surface area contributed by atoms with Gasteiger partial charge in [0.25, 0.3) is 0 Å². The Balaban J connectivity index is 1.66. The van der Waals surface area contributed by atoms with Gasteiger partial charge >= 0.3 is 0 Å². The van der Waals surface area contributed by atoms with Gasteiger partial charge in [0, 0.05) is 26.2 Å². The van der Waals surface area contributed by atoms with Gasteiger partial charge in [-0.2, -0.15) is 0 Å². The van der Waals surface area contributed by atoms with Crippen molar-refractivity contribution in [3.05, 3.63) is 0 Å². The summed E-state index contributed by atoms with van der Waals surface area (Å²) in [6.45, 7) is 3.60. The van der Waals surface area contributed by atoms with Crippen LogP contribution >= 0.6 is 0 Å². The molecule has 0 aromatic heterocycles. The molecular weight excluding hydrogens is 176 g/mol. The molecule has 2 N–H and O–H groups in total. The van der Waals surface area contributed by atoms with Crippen molar-refractivity contribution in [1.82, 2.24) is 4.90 Å². The SMILES string of the molecule is COC1CC(CN2CCC[C@H](N)C2)C1. The Kier molecular flexibility index (Phi) is 3.42. The minimum atomic E-state index is 0.419. The van der Waals surface area contributed by atoms with Crippen LogP contribution in [0, 0.1) is 5.92 Å². The van der Waals surface area contributed by atoms with Gasteiger partial charge in [-0.05, 0) is 38.1 Å². The zero-order chi connectivity index (χ0) is 9.97. The van der Waals surface area contributed by atoms with Gasteiger partial charge in [-0.15, -0.1) is 0 Å². The monoisotopic (exact) mass is 198 g/mol. The molecule has 3 nitrogen and oxygen atoms in total. The van der Waals surface area contributed by atoms with Crippen LogP contribution in [0.25, 0.3) is 0 Å². The normalized spacial score (nSPS) is 39.4. The Morgan fingerprint density at radius 3 is 2.86 bits per heavy atom. The van der Waals surface area contributed by atoms with E-state index in [-0.39, 0.29) is 0 Å². The number of nitrogens with zero attached hydrogens (tertiary/aromatic N) is 1. The molecule has 1 heterocycles. The van der Waals surface area contributed by atoms with Crippen LogP contribution in [-0.4, -0.2) is 43.8 Å². The maximum Gasteiger partial charge on any atom is 0.0577 e. The van der Waals surface area contributed by atoms with Crippen LogP contribution in [0.1, 0.15) is 25.7 Å². The van der Waals surface area contributed by atoms with Crippen LogP contribution in [0.2, 0.25) is 0 Å². The second kappa shape index (κ2) is 4.60. The Morgan fingerprint density at radius 2 is 2.21 bits per heavy atom. The van der Waals surface area contributed by atoms with Gasteiger partial charge < -0.3 is 15.4 Å². The summed E-state index contributed by atoms with van der Waals surface area (Å²) in [5, 5.41) is 0. The molecule has 1 saturated carbocycles. The first kappa shape index (κ1) is 10.4. The molecule has 1 saturated heterocycles. The lowest BCUT2D eigenvalue weighted by atomic mass is 9.81. The van der Waals surface area contributed by atoms with Gasteiger partial charge in [0.05, 0.1) is 6.10 Å². The fourth-order valence-corrected chi connectivity index (χ4v) is 2.64. The van der Waals surface area contributed by atoms with E-state index >= 15 is 0 Å². The lowest BCUT2D eigenvalue weighted by Crippen LogP contribution is -2.47. The topological polar surface area (TPSA) is 38.5 Å². The first-order valence-corrected chi connectivity index (χ1v) is 5.78. The standard InChI is InChI=1S/C11H22N2O/c1-14-11-5-9(6-11)7-13-4-2-3-10(12)8-13/h9-11H,2-8,12H2,1H3/t9?,10-,11?/m0/s1. The minimum Gasteiger partial charge on any atom is -0.381 e. The number of likely N-dealkylation sites (tertiary alicyclic amines) is 1. The molecule has 14 heavy (non-hydrogen) atoms. The summed E-state index contributed by atoms with van der Waals surface area (Å²) in [7, 11) is 1.82. The molecule has 0 aromatic rings. The third-order valence-corrected chi connectivity index (χ3v) is 3.58. The number of rotatable bonds is 3. The maximum atomic E-state index is 5.95. The van der Waals surface area contributed by atoms with Gasteiger partial charge in [-0.1, -0.05) is 0 Å². The van der Waals surface area contributed by atoms with E-state index in [4.69, 9.17) is 10.5 Å². The number of methoxy groups -OCH3 is 1. The van der Waals surface area contributed by atoms with Gasteiger partial charge in [0.2, 0.25) is 0 Å². The summed E-state index contributed by atoms with van der Waals surface area (Å²) in [5.41, 5.74) is 5.95. The van der Waals surface area contributed by atoms with Gasteiger partial charge in [0.1, 0.15) is 0 Å². The largest absolute Gasteiger partial charge is 0.381 e. The van der Waals surface area contributed by atoms with Crippen molar-refractivity contribution in [2.24, 2.45) is 11.7 Å². The van der Waals surface area contributed by atoms with Crippen molar-refractivity contribution >= 4 is 0 Å². The smallest absolute Gasteiger partial charge is 0.0577 e. The number of hydrogen-bond acceptors (Lipinski definition) is 3. The second-order valence-corrected chi connectivity index (χ2v) is 4.86. The fourth-order valence-electron chi connectivity index (χ4n) is 2.64. The summed E-state index contributed by atoms with van der Waals surface area (Å²) in [6, 6.07) is 0.419. The summed E-state index contributed by atoms with van der Waals surface area (Å²) < 4.78 is 5.28. The molecule has 82 valence electrons. The van der Waals surface area contributed by atoms with Gasteiger partial charge in [-0.3, -0.25) is 0 Å². The highest BCUT2D eigenvalue weighted by Crippen LogP contribution is 2.30. The van der Waals surface area contributed by atoms with Gasteiger partial charge in [0.15, 0.2) is 0 Å². The third-order valence-electron chi connectivity index (χ3n) is 3.58. The van der Waals surface area contributed by atoms with E-state index in [0.717, 1.165) is 12.5 Å². The van der Waals surface area contributed by atoms with E-state index in [1.54, 1.807) is 0 Å². The number of piperidine rings is 1. The van der Waals surface area contributed by atoms with Crippen LogP contribution in [-0.2, 0) is 4.74 Å². The summed E-state index contributed by atoms with van der Waals surface area (Å²) in [5.74, 6) is 0.866. The molecule has 1 aliphatic carbocycles. The Bertz CT molecular complexity index is 180. The highest BCUT2D eigenvalue weighted by atomic mass is 16.5. The van der Waals surface area contributed by atoms with E-state index in [1.165, 1.54) is 38.8 Å². The van der Waals surface area contributed by atoms with Crippen molar-refractivity contribution < 1.29 is 4.74 Å². The van der Waals surface area contributed by atoms with E-state index < -0.39 is 0 Å². The van der Waals surface area contributed by atoms with Crippen molar-refractivity contribution in [1.29, 1.82) is 0 Å². The highest BCUT2D eigenvalue weighted by molar-refractivity contribution is 4.84. The first-order valence-electron chi connectivity index (χ1n) is 5.78. The van der Waals surface area contributed by atoms with Crippen LogP contribution < -0.4 is 5.73 Å². The fraction of sp³-hybridized carbons (Fsp3) is 1.00. The second-order valence-electron chi connectivity index (χ2n) is 4.86.